The van der Waals surface area contributed by atoms with E-state index in [0.717, 1.165) is 25.0 Å². The Balaban J connectivity index is 2.11. The molecule has 0 heterocycles. The average Bonchev–Trinajstić information content (AvgIpc) is 3.23. The third-order valence-electron chi connectivity index (χ3n) is 3.51. The van der Waals surface area contributed by atoms with Gasteiger partial charge in [0.15, 0.2) is 17.2 Å². The third kappa shape index (κ3) is 2.90. The summed E-state index contributed by atoms with van der Waals surface area (Å²) >= 11 is 0. The largest absolute Gasteiger partial charge is 0.491 e. The van der Waals surface area contributed by atoms with E-state index in [1.54, 1.807) is 0 Å². The van der Waals surface area contributed by atoms with Gasteiger partial charge in [-0.2, -0.15) is 0 Å². The van der Waals surface area contributed by atoms with E-state index in [1.165, 1.54) is 6.07 Å². The van der Waals surface area contributed by atoms with Gasteiger partial charge in [-0.05, 0) is 37.4 Å². The first-order valence-electron chi connectivity index (χ1n) is 6.56. The Morgan fingerprint density at radius 1 is 1.45 bits per heavy atom. The van der Waals surface area contributed by atoms with Gasteiger partial charge in [0.25, 0.3) is 0 Å². The molecule has 1 unspecified atom stereocenters. The van der Waals surface area contributed by atoms with Crippen LogP contribution in [0.1, 0.15) is 19.8 Å². The minimum Gasteiger partial charge on any atom is -0.491 e. The molecule has 2 N–H and O–H groups in total. The van der Waals surface area contributed by atoms with Crippen LogP contribution in [-0.4, -0.2) is 29.8 Å². The van der Waals surface area contributed by atoms with Gasteiger partial charge in [-0.25, -0.2) is 8.78 Å². The summed E-state index contributed by atoms with van der Waals surface area (Å²) in [6.07, 6.45) is 1.64. The lowest BCUT2D eigenvalue weighted by atomic mass is 9.94. The minimum absolute atomic E-state index is 0.00486. The molecule has 1 fully saturated rings. The fourth-order valence-electron chi connectivity index (χ4n) is 2.28. The number of nitrogens with one attached hydrogen (secondary N) is 1. The van der Waals surface area contributed by atoms with E-state index in [-0.39, 0.29) is 18.3 Å². The lowest BCUT2D eigenvalue weighted by Gasteiger charge is -2.30. The molecule has 20 heavy (non-hydrogen) atoms. The molecule has 0 radical (unpaired) electrons. The quantitative estimate of drug-likeness (QED) is 0.806. The molecular formula is C14H17F2NO3. The maximum atomic E-state index is 13.1. The number of rotatable bonds is 7. The lowest BCUT2D eigenvalue weighted by molar-refractivity contribution is -0.147. The molecule has 0 saturated heterocycles. The standard InChI is InChI=1S/C14H17F2NO3/c1-2-17-14(13(18)19,9-3-4-9)8-20-10-5-6-11(15)12(16)7-10/h5-7,9,17H,2-4,8H2,1H3,(H,18,19). The second-order valence-corrected chi connectivity index (χ2v) is 4.95. The first-order valence-corrected chi connectivity index (χ1v) is 6.56. The van der Waals surface area contributed by atoms with Crippen molar-refractivity contribution in [3.05, 3.63) is 29.8 Å². The van der Waals surface area contributed by atoms with Gasteiger partial charge < -0.3 is 9.84 Å². The van der Waals surface area contributed by atoms with Crippen LogP contribution in [0.15, 0.2) is 18.2 Å². The summed E-state index contributed by atoms with van der Waals surface area (Å²) in [4.78, 5) is 11.6. The van der Waals surface area contributed by atoms with Crippen molar-refractivity contribution in [3.63, 3.8) is 0 Å². The van der Waals surface area contributed by atoms with E-state index >= 15 is 0 Å². The second-order valence-electron chi connectivity index (χ2n) is 4.95. The van der Waals surface area contributed by atoms with Crippen LogP contribution in [0.3, 0.4) is 0 Å². The van der Waals surface area contributed by atoms with E-state index < -0.39 is 23.1 Å². The molecule has 4 nitrogen and oxygen atoms in total. The summed E-state index contributed by atoms with van der Waals surface area (Å²) in [5.41, 5.74) is -1.17. The monoisotopic (exact) mass is 285 g/mol. The normalized spacial score (nSPS) is 17.6. The molecular weight excluding hydrogens is 268 g/mol. The number of carbonyl (C=O) groups is 1. The molecule has 0 aromatic heterocycles. The molecule has 1 aromatic rings. The number of hydrogen-bond acceptors (Lipinski definition) is 3. The highest BCUT2D eigenvalue weighted by Crippen LogP contribution is 2.40. The predicted octanol–water partition coefficient (Wildman–Crippen LogP) is 2.19. The maximum absolute atomic E-state index is 13.1. The SMILES string of the molecule is CCNC(COc1ccc(F)c(F)c1)(C(=O)O)C1CC1. The summed E-state index contributed by atoms with van der Waals surface area (Å²) in [6.45, 7) is 2.19. The molecule has 0 amide bonds. The molecule has 2 rings (SSSR count). The Kier molecular flexibility index (Phi) is 4.23. The number of aliphatic carboxylic acids is 1. The highest BCUT2D eigenvalue weighted by Gasteiger charge is 2.51. The van der Waals surface area contributed by atoms with Crippen LogP contribution < -0.4 is 10.1 Å². The number of ether oxygens (including phenoxy) is 1. The topological polar surface area (TPSA) is 58.6 Å². The highest BCUT2D eigenvalue weighted by molar-refractivity contribution is 5.80. The number of likely N-dealkylation sites (N-methyl/N-ethyl adjacent to an activating group) is 1. The van der Waals surface area contributed by atoms with Crippen molar-refractivity contribution in [3.8, 4) is 5.75 Å². The summed E-state index contributed by atoms with van der Waals surface area (Å²) < 4.78 is 31.3. The number of carboxylic acid groups (broad SMARTS) is 1. The van der Waals surface area contributed by atoms with Crippen molar-refractivity contribution in [2.45, 2.75) is 25.3 Å². The van der Waals surface area contributed by atoms with Crippen molar-refractivity contribution in [1.29, 1.82) is 0 Å². The Bertz CT molecular complexity index is 505. The molecule has 1 saturated carbocycles. The third-order valence-corrected chi connectivity index (χ3v) is 3.51. The summed E-state index contributed by atoms with van der Waals surface area (Å²) in [5, 5.41) is 12.4. The minimum atomic E-state index is -1.17. The Morgan fingerprint density at radius 3 is 2.65 bits per heavy atom. The fourth-order valence-corrected chi connectivity index (χ4v) is 2.28. The summed E-state index contributed by atoms with van der Waals surface area (Å²) in [6, 6.07) is 3.15. The Labute approximate surface area is 115 Å². The lowest BCUT2D eigenvalue weighted by Crippen LogP contribution is -2.58. The first kappa shape index (κ1) is 14.7. The van der Waals surface area contributed by atoms with Gasteiger partial charge in [0.2, 0.25) is 0 Å². The summed E-state index contributed by atoms with van der Waals surface area (Å²) in [5.74, 6) is -2.84. The number of benzene rings is 1. The number of hydrogen-bond donors (Lipinski definition) is 2. The molecule has 110 valence electrons. The zero-order chi connectivity index (χ0) is 14.8. The van der Waals surface area contributed by atoms with E-state index in [9.17, 15) is 18.7 Å². The van der Waals surface area contributed by atoms with Crippen LogP contribution in [0, 0.1) is 17.6 Å². The highest BCUT2D eigenvalue weighted by atomic mass is 19.2. The van der Waals surface area contributed by atoms with Crippen LogP contribution in [0.2, 0.25) is 0 Å². The van der Waals surface area contributed by atoms with Gasteiger partial charge in [0.05, 0.1) is 0 Å². The van der Waals surface area contributed by atoms with Crippen LogP contribution in [-0.2, 0) is 4.79 Å². The van der Waals surface area contributed by atoms with Crippen molar-refractivity contribution in [2.24, 2.45) is 5.92 Å². The van der Waals surface area contributed by atoms with Crippen molar-refractivity contribution in [2.75, 3.05) is 13.2 Å². The fraction of sp³-hybridized carbons (Fsp3) is 0.500. The molecule has 6 heteroatoms. The zero-order valence-electron chi connectivity index (χ0n) is 11.2. The summed E-state index contributed by atoms with van der Waals surface area (Å²) in [7, 11) is 0. The van der Waals surface area contributed by atoms with Crippen LogP contribution >= 0.6 is 0 Å². The van der Waals surface area contributed by atoms with E-state index in [0.29, 0.717) is 6.54 Å². The maximum Gasteiger partial charge on any atom is 0.327 e. The van der Waals surface area contributed by atoms with Crippen LogP contribution in [0.5, 0.6) is 5.75 Å². The molecule has 1 aromatic carbocycles. The van der Waals surface area contributed by atoms with E-state index in [1.807, 2.05) is 6.92 Å². The molecule has 0 bridgehead atoms. The van der Waals surface area contributed by atoms with E-state index in [2.05, 4.69) is 5.32 Å². The zero-order valence-corrected chi connectivity index (χ0v) is 11.2. The van der Waals surface area contributed by atoms with Gasteiger partial charge in [-0.3, -0.25) is 10.1 Å². The van der Waals surface area contributed by atoms with Gasteiger partial charge in [0.1, 0.15) is 12.4 Å². The van der Waals surface area contributed by atoms with Crippen molar-refractivity contribution in [1.82, 2.24) is 5.32 Å². The van der Waals surface area contributed by atoms with Crippen LogP contribution in [0.25, 0.3) is 0 Å². The van der Waals surface area contributed by atoms with Crippen LogP contribution in [0.4, 0.5) is 8.78 Å². The first-order chi connectivity index (χ1) is 9.49. The predicted molar refractivity (Wildman–Crippen MR) is 68.6 cm³/mol. The van der Waals surface area contributed by atoms with Gasteiger partial charge in [0, 0.05) is 6.07 Å². The molecule has 0 aliphatic heterocycles. The van der Waals surface area contributed by atoms with Gasteiger partial charge in [-0.1, -0.05) is 6.92 Å². The van der Waals surface area contributed by atoms with Gasteiger partial charge in [-0.15, -0.1) is 0 Å². The average molecular weight is 285 g/mol. The Hall–Kier alpha value is -1.69. The molecule has 1 aliphatic rings. The molecule has 1 atom stereocenters. The molecule has 0 spiro atoms. The molecule has 1 aliphatic carbocycles. The van der Waals surface area contributed by atoms with Gasteiger partial charge >= 0.3 is 5.97 Å². The van der Waals surface area contributed by atoms with Crippen molar-refractivity contribution < 1.29 is 23.4 Å². The Morgan fingerprint density at radius 2 is 2.15 bits per heavy atom. The van der Waals surface area contributed by atoms with E-state index in [4.69, 9.17) is 4.74 Å². The number of carboxylic acids is 1. The van der Waals surface area contributed by atoms with Crippen molar-refractivity contribution >= 4 is 5.97 Å². The smallest absolute Gasteiger partial charge is 0.327 e. The second kappa shape index (κ2) is 5.75. The number of halogens is 2.